The second-order valence-electron chi connectivity index (χ2n) is 4.92. The monoisotopic (exact) mass is 291 g/mol. The van der Waals surface area contributed by atoms with Gasteiger partial charge < -0.3 is 4.74 Å². The second kappa shape index (κ2) is 5.83. The molecule has 1 unspecified atom stereocenters. The summed E-state index contributed by atoms with van der Waals surface area (Å²) in [5, 5.41) is 9.02. The summed E-state index contributed by atoms with van der Waals surface area (Å²) in [5.74, 6) is 1.78. The van der Waals surface area contributed by atoms with Crippen LogP contribution in [-0.4, -0.2) is 38.7 Å². The van der Waals surface area contributed by atoms with Crippen molar-refractivity contribution in [2.24, 2.45) is 0 Å². The first-order valence-corrected chi connectivity index (χ1v) is 7.87. The van der Waals surface area contributed by atoms with E-state index in [0.717, 1.165) is 12.2 Å². The maximum Gasteiger partial charge on any atom is 0.341 e. The summed E-state index contributed by atoms with van der Waals surface area (Å²) in [5.41, 5.74) is 1.04. The Hall–Kier alpha value is -1.56. The smallest absolute Gasteiger partial charge is 0.341 e. The SMILES string of the molecule is COC(=O)c1cccn2c(CC3CCCCS3)nnc12. The number of aromatic nitrogens is 3. The highest BCUT2D eigenvalue weighted by Crippen LogP contribution is 2.27. The Kier molecular flexibility index (Phi) is 3.91. The van der Waals surface area contributed by atoms with Crippen LogP contribution in [0.5, 0.6) is 0 Å². The van der Waals surface area contributed by atoms with E-state index in [2.05, 4.69) is 10.2 Å². The van der Waals surface area contributed by atoms with Gasteiger partial charge in [-0.05, 0) is 30.7 Å². The molecule has 0 saturated carbocycles. The second-order valence-corrected chi connectivity index (χ2v) is 6.32. The van der Waals surface area contributed by atoms with Gasteiger partial charge in [-0.15, -0.1) is 10.2 Å². The molecule has 1 saturated heterocycles. The van der Waals surface area contributed by atoms with Crippen molar-refractivity contribution in [3.63, 3.8) is 0 Å². The lowest BCUT2D eigenvalue weighted by molar-refractivity contribution is 0.0602. The van der Waals surface area contributed by atoms with Crippen LogP contribution < -0.4 is 0 Å². The minimum atomic E-state index is -0.374. The number of hydrogen-bond donors (Lipinski definition) is 0. The van der Waals surface area contributed by atoms with Gasteiger partial charge in [-0.2, -0.15) is 11.8 Å². The molecule has 0 radical (unpaired) electrons. The standard InChI is InChI=1S/C14H17N3O2S/c1-19-14(18)11-6-4-7-17-12(15-16-13(11)17)9-10-5-2-3-8-20-10/h4,6-7,10H,2-3,5,8-9H2,1H3. The Bertz CT molecular complexity index is 620. The summed E-state index contributed by atoms with van der Waals surface area (Å²) >= 11 is 2.01. The Labute approximate surface area is 121 Å². The van der Waals surface area contributed by atoms with E-state index in [-0.39, 0.29) is 5.97 Å². The van der Waals surface area contributed by atoms with Crippen molar-refractivity contribution in [3.8, 4) is 0 Å². The molecule has 20 heavy (non-hydrogen) atoms. The first kappa shape index (κ1) is 13.4. The van der Waals surface area contributed by atoms with Crippen LogP contribution in [-0.2, 0) is 11.2 Å². The fourth-order valence-electron chi connectivity index (χ4n) is 2.54. The molecule has 0 N–H and O–H groups in total. The third-order valence-electron chi connectivity index (χ3n) is 3.59. The first-order chi connectivity index (χ1) is 9.79. The fourth-order valence-corrected chi connectivity index (χ4v) is 3.85. The minimum Gasteiger partial charge on any atom is -0.465 e. The van der Waals surface area contributed by atoms with Gasteiger partial charge in [0.2, 0.25) is 0 Å². The lowest BCUT2D eigenvalue weighted by Gasteiger charge is -2.20. The molecule has 1 fully saturated rings. The van der Waals surface area contributed by atoms with Crippen LogP contribution in [0, 0.1) is 0 Å². The van der Waals surface area contributed by atoms with Crippen molar-refractivity contribution in [2.45, 2.75) is 30.9 Å². The largest absolute Gasteiger partial charge is 0.465 e. The number of pyridine rings is 1. The van der Waals surface area contributed by atoms with E-state index in [1.807, 2.05) is 28.4 Å². The van der Waals surface area contributed by atoms with Crippen molar-refractivity contribution in [2.75, 3.05) is 12.9 Å². The average Bonchev–Trinajstić information content (AvgIpc) is 2.91. The molecule has 2 aromatic rings. The lowest BCUT2D eigenvalue weighted by Crippen LogP contribution is -2.14. The van der Waals surface area contributed by atoms with Crippen molar-refractivity contribution in [3.05, 3.63) is 29.7 Å². The molecule has 1 atom stereocenters. The molecule has 1 aliphatic heterocycles. The van der Waals surface area contributed by atoms with Crippen LogP contribution in [0.15, 0.2) is 18.3 Å². The Morgan fingerprint density at radius 1 is 1.50 bits per heavy atom. The molecule has 0 bridgehead atoms. The highest BCUT2D eigenvalue weighted by molar-refractivity contribution is 7.99. The van der Waals surface area contributed by atoms with Crippen molar-refractivity contribution in [1.29, 1.82) is 0 Å². The van der Waals surface area contributed by atoms with Crippen molar-refractivity contribution in [1.82, 2.24) is 14.6 Å². The van der Waals surface area contributed by atoms with E-state index in [4.69, 9.17) is 4.74 Å². The van der Waals surface area contributed by atoms with Gasteiger partial charge in [0, 0.05) is 17.9 Å². The third-order valence-corrected chi connectivity index (χ3v) is 4.99. The number of hydrogen-bond acceptors (Lipinski definition) is 5. The number of carbonyl (C=O) groups excluding carboxylic acids is 1. The number of methoxy groups -OCH3 is 1. The molecule has 106 valence electrons. The van der Waals surface area contributed by atoms with Gasteiger partial charge in [0.15, 0.2) is 5.65 Å². The van der Waals surface area contributed by atoms with Crippen molar-refractivity contribution < 1.29 is 9.53 Å². The Morgan fingerprint density at radius 3 is 3.15 bits per heavy atom. The Balaban J connectivity index is 1.91. The summed E-state index contributed by atoms with van der Waals surface area (Å²) in [6.07, 6.45) is 6.65. The number of nitrogens with zero attached hydrogens (tertiary/aromatic N) is 3. The van der Waals surface area contributed by atoms with Gasteiger partial charge in [0.1, 0.15) is 11.4 Å². The van der Waals surface area contributed by atoms with Crippen LogP contribution in [0.3, 0.4) is 0 Å². The van der Waals surface area contributed by atoms with Gasteiger partial charge >= 0.3 is 5.97 Å². The zero-order valence-electron chi connectivity index (χ0n) is 11.4. The molecular weight excluding hydrogens is 274 g/mol. The fraction of sp³-hybridized carbons (Fsp3) is 0.500. The molecule has 6 heteroatoms. The van der Waals surface area contributed by atoms with E-state index < -0.39 is 0 Å². The van der Waals surface area contributed by atoms with E-state index in [1.165, 1.54) is 32.1 Å². The number of ether oxygens (including phenoxy) is 1. The van der Waals surface area contributed by atoms with Gasteiger partial charge in [-0.3, -0.25) is 4.40 Å². The molecule has 2 aromatic heterocycles. The highest BCUT2D eigenvalue weighted by Gasteiger charge is 2.19. The summed E-state index contributed by atoms with van der Waals surface area (Å²) in [7, 11) is 1.38. The van der Waals surface area contributed by atoms with E-state index >= 15 is 0 Å². The van der Waals surface area contributed by atoms with Gasteiger partial charge in [-0.1, -0.05) is 6.42 Å². The number of rotatable bonds is 3. The van der Waals surface area contributed by atoms with Gasteiger partial charge in [-0.25, -0.2) is 4.79 Å². The molecule has 3 heterocycles. The first-order valence-electron chi connectivity index (χ1n) is 6.82. The van der Waals surface area contributed by atoms with E-state index in [0.29, 0.717) is 16.5 Å². The van der Waals surface area contributed by atoms with Crippen LogP contribution >= 0.6 is 11.8 Å². The predicted molar refractivity (Wildman–Crippen MR) is 78.1 cm³/mol. The zero-order valence-corrected chi connectivity index (χ0v) is 12.2. The quantitative estimate of drug-likeness (QED) is 0.812. The number of carbonyl (C=O) groups is 1. The van der Waals surface area contributed by atoms with Gasteiger partial charge in [0.05, 0.1) is 7.11 Å². The molecule has 1 aliphatic rings. The summed E-state index contributed by atoms with van der Waals surface area (Å²) in [4.78, 5) is 11.7. The normalized spacial score (nSPS) is 19.1. The van der Waals surface area contributed by atoms with Crippen LogP contribution in [0.4, 0.5) is 0 Å². The molecule has 0 spiro atoms. The highest BCUT2D eigenvalue weighted by atomic mass is 32.2. The third kappa shape index (κ3) is 2.52. The maximum absolute atomic E-state index is 11.7. The predicted octanol–water partition coefficient (Wildman–Crippen LogP) is 2.34. The van der Waals surface area contributed by atoms with E-state index in [1.54, 1.807) is 6.07 Å². The minimum absolute atomic E-state index is 0.374. The average molecular weight is 291 g/mol. The van der Waals surface area contributed by atoms with Crippen molar-refractivity contribution >= 4 is 23.4 Å². The van der Waals surface area contributed by atoms with Crippen LogP contribution in [0.2, 0.25) is 0 Å². The number of thioether (sulfide) groups is 1. The molecule has 3 rings (SSSR count). The number of esters is 1. The number of fused-ring (bicyclic) bond motifs is 1. The molecule has 0 aromatic carbocycles. The summed E-state index contributed by atoms with van der Waals surface area (Å²) in [6, 6.07) is 3.55. The Morgan fingerprint density at radius 2 is 2.40 bits per heavy atom. The zero-order chi connectivity index (χ0) is 13.9. The molecule has 0 amide bonds. The lowest BCUT2D eigenvalue weighted by atomic mass is 10.1. The molecular formula is C14H17N3O2S. The maximum atomic E-state index is 11.7. The van der Waals surface area contributed by atoms with E-state index in [9.17, 15) is 4.79 Å². The molecule has 0 aliphatic carbocycles. The summed E-state index contributed by atoms with van der Waals surface area (Å²) < 4.78 is 6.68. The topological polar surface area (TPSA) is 56.5 Å². The summed E-state index contributed by atoms with van der Waals surface area (Å²) in [6.45, 7) is 0. The van der Waals surface area contributed by atoms with Crippen LogP contribution in [0.1, 0.15) is 35.4 Å². The molecule has 5 nitrogen and oxygen atoms in total. The van der Waals surface area contributed by atoms with Gasteiger partial charge in [0.25, 0.3) is 0 Å². The van der Waals surface area contributed by atoms with Crippen LogP contribution in [0.25, 0.3) is 5.65 Å².